The van der Waals surface area contributed by atoms with Crippen molar-refractivity contribution in [1.82, 2.24) is 14.5 Å². The fourth-order valence-electron chi connectivity index (χ4n) is 3.23. The van der Waals surface area contributed by atoms with E-state index >= 15 is 0 Å². The first kappa shape index (κ1) is 21.4. The van der Waals surface area contributed by atoms with E-state index in [2.05, 4.69) is 5.32 Å². The van der Waals surface area contributed by atoms with Crippen LogP contribution in [0.5, 0.6) is 0 Å². The van der Waals surface area contributed by atoms with Gasteiger partial charge < -0.3 is 5.32 Å². The quantitative estimate of drug-likeness (QED) is 0.773. The number of amides is 1. The van der Waals surface area contributed by atoms with Crippen molar-refractivity contribution in [2.45, 2.75) is 17.9 Å². The average molecular weight is 423 g/mol. The molecule has 1 heterocycles. The molecule has 1 atom stereocenters. The molecule has 1 aliphatic rings. The highest BCUT2D eigenvalue weighted by Gasteiger charge is 2.29. The zero-order chi connectivity index (χ0) is 21.0. The van der Waals surface area contributed by atoms with Crippen LogP contribution in [0.3, 0.4) is 0 Å². The number of hydrogen-bond donors (Lipinski definition) is 1. The number of nitrogens with zero attached hydrogens (tertiary/aromatic N) is 2. The Morgan fingerprint density at radius 2 is 1.69 bits per heavy atom. The van der Waals surface area contributed by atoms with Gasteiger partial charge in [0.2, 0.25) is 15.9 Å². The minimum Gasteiger partial charge on any atom is -0.348 e. The van der Waals surface area contributed by atoms with Crippen molar-refractivity contribution in [1.29, 1.82) is 0 Å². The molecule has 0 saturated carbocycles. The van der Waals surface area contributed by atoms with Crippen LogP contribution in [0.15, 0.2) is 53.4 Å². The molecular weight excluding hydrogens is 400 g/mol. The van der Waals surface area contributed by atoms with Crippen LogP contribution in [0.4, 0.5) is 8.78 Å². The average Bonchev–Trinajstić information content (AvgIpc) is 2.71. The Bertz CT molecular complexity index is 962. The van der Waals surface area contributed by atoms with E-state index in [0.29, 0.717) is 19.2 Å². The lowest BCUT2D eigenvalue weighted by Crippen LogP contribution is -2.51. The number of carbonyl (C=O) groups is 1. The number of benzene rings is 2. The molecule has 1 fully saturated rings. The van der Waals surface area contributed by atoms with Crippen LogP contribution in [-0.4, -0.2) is 56.3 Å². The third-order valence-corrected chi connectivity index (χ3v) is 6.80. The predicted octanol–water partition coefficient (Wildman–Crippen LogP) is 2.15. The summed E-state index contributed by atoms with van der Waals surface area (Å²) in [6, 6.07) is 12.0. The van der Waals surface area contributed by atoms with Gasteiger partial charge in [-0.3, -0.25) is 9.69 Å². The van der Waals surface area contributed by atoms with Crippen LogP contribution in [0.25, 0.3) is 0 Å². The van der Waals surface area contributed by atoms with E-state index in [1.807, 2.05) is 42.2 Å². The molecule has 1 amide bonds. The summed E-state index contributed by atoms with van der Waals surface area (Å²) >= 11 is 0. The van der Waals surface area contributed by atoms with Crippen LogP contribution >= 0.6 is 0 Å². The van der Waals surface area contributed by atoms with Gasteiger partial charge >= 0.3 is 0 Å². The summed E-state index contributed by atoms with van der Waals surface area (Å²) in [4.78, 5) is 13.9. The molecule has 6 nitrogen and oxygen atoms in total. The maximum Gasteiger partial charge on any atom is 0.243 e. The molecule has 1 unspecified atom stereocenters. The molecule has 2 aromatic rings. The van der Waals surface area contributed by atoms with Crippen molar-refractivity contribution >= 4 is 15.9 Å². The topological polar surface area (TPSA) is 69.7 Å². The first-order valence-corrected chi connectivity index (χ1v) is 10.7. The van der Waals surface area contributed by atoms with Gasteiger partial charge in [-0.2, -0.15) is 4.31 Å². The SMILES string of the molecule is CC(NC(=O)CN1CCN(S(=O)(=O)c2ccc(F)c(F)c2)CC1)c1ccccc1. The monoisotopic (exact) mass is 423 g/mol. The van der Waals surface area contributed by atoms with E-state index in [-0.39, 0.29) is 36.5 Å². The molecule has 29 heavy (non-hydrogen) atoms. The standard InChI is InChI=1S/C20H23F2N3O3S/c1-15(16-5-3-2-4-6-16)23-20(26)14-24-9-11-25(12-10-24)29(27,28)17-7-8-18(21)19(22)13-17/h2-8,13,15H,9-12,14H2,1H3,(H,23,26). The van der Waals surface area contributed by atoms with Crippen molar-refractivity contribution in [2.24, 2.45) is 0 Å². The number of piperazine rings is 1. The summed E-state index contributed by atoms with van der Waals surface area (Å²) in [6.07, 6.45) is 0. The van der Waals surface area contributed by atoms with Gasteiger partial charge in [0, 0.05) is 26.2 Å². The van der Waals surface area contributed by atoms with Crippen molar-refractivity contribution in [3.8, 4) is 0 Å². The summed E-state index contributed by atoms with van der Waals surface area (Å²) in [5.74, 6) is -2.43. The van der Waals surface area contributed by atoms with Crippen LogP contribution in [0.2, 0.25) is 0 Å². The molecule has 9 heteroatoms. The van der Waals surface area contributed by atoms with Gasteiger partial charge in [-0.15, -0.1) is 0 Å². The van der Waals surface area contributed by atoms with Gasteiger partial charge in [-0.05, 0) is 30.7 Å². The Morgan fingerprint density at radius 3 is 2.31 bits per heavy atom. The smallest absolute Gasteiger partial charge is 0.243 e. The Kier molecular flexibility index (Phi) is 6.61. The van der Waals surface area contributed by atoms with Gasteiger partial charge in [0.25, 0.3) is 0 Å². The van der Waals surface area contributed by atoms with E-state index < -0.39 is 21.7 Å². The second-order valence-electron chi connectivity index (χ2n) is 6.96. The third kappa shape index (κ3) is 5.17. The van der Waals surface area contributed by atoms with Gasteiger partial charge in [0.15, 0.2) is 11.6 Å². The lowest BCUT2D eigenvalue weighted by atomic mass is 10.1. The number of sulfonamides is 1. The summed E-state index contributed by atoms with van der Waals surface area (Å²) in [7, 11) is -3.91. The second-order valence-corrected chi connectivity index (χ2v) is 8.89. The lowest BCUT2D eigenvalue weighted by Gasteiger charge is -2.33. The highest BCUT2D eigenvalue weighted by molar-refractivity contribution is 7.89. The van der Waals surface area contributed by atoms with Crippen molar-refractivity contribution in [2.75, 3.05) is 32.7 Å². The molecule has 1 N–H and O–H groups in total. The molecular formula is C20H23F2N3O3S. The number of nitrogens with one attached hydrogen (secondary N) is 1. The fraction of sp³-hybridized carbons (Fsp3) is 0.350. The first-order valence-electron chi connectivity index (χ1n) is 9.29. The van der Waals surface area contributed by atoms with Crippen LogP contribution in [0, 0.1) is 11.6 Å². The van der Waals surface area contributed by atoms with E-state index in [1.165, 1.54) is 4.31 Å². The van der Waals surface area contributed by atoms with Crippen LogP contribution in [-0.2, 0) is 14.8 Å². The molecule has 0 radical (unpaired) electrons. The number of rotatable bonds is 6. The predicted molar refractivity (Wildman–Crippen MR) is 105 cm³/mol. The zero-order valence-electron chi connectivity index (χ0n) is 16.0. The van der Waals surface area contributed by atoms with Crippen molar-refractivity contribution in [3.63, 3.8) is 0 Å². The number of hydrogen-bond acceptors (Lipinski definition) is 4. The maximum atomic E-state index is 13.4. The molecule has 0 spiro atoms. The van der Waals surface area contributed by atoms with Gasteiger partial charge in [0.05, 0.1) is 17.5 Å². The van der Waals surface area contributed by atoms with Crippen molar-refractivity contribution in [3.05, 3.63) is 65.7 Å². The van der Waals surface area contributed by atoms with E-state index in [9.17, 15) is 22.0 Å². The fourth-order valence-corrected chi connectivity index (χ4v) is 4.66. The highest BCUT2D eigenvalue weighted by Crippen LogP contribution is 2.20. The van der Waals surface area contributed by atoms with Gasteiger partial charge in [0.1, 0.15) is 0 Å². The summed E-state index contributed by atoms with van der Waals surface area (Å²) < 4.78 is 52.9. The Balaban J connectivity index is 1.53. The molecule has 156 valence electrons. The molecule has 0 bridgehead atoms. The Hall–Kier alpha value is -2.36. The molecule has 0 aliphatic carbocycles. The van der Waals surface area contributed by atoms with Gasteiger partial charge in [-0.1, -0.05) is 30.3 Å². The van der Waals surface area contributed by atoms with E-state index in [4.69, 9.17) is 0 Å². The van der Waals surface area contributed by atoms with Crippen LogP contribution < -0.4 is 5.32 Å². The minimum absolute atomic E-state index is 0.126. The molecule has 2 aromatic carbocycles. The zero-order valence-corrected chi connectivity index (χ0v) is 16.8. The van der Waals surface area contributed by atoms with Gasteiger partial charge in [-0.25, -0.2) is 17.2 Å². The number of carbonyl (C=O) groups excluding carboxylic acids is 1. The first-order chi connectivity index (χ1) is 13.8. The highest BCUT2D eigenvalue weighted by atomic mass is 32.2. The Labute approximate surface area is 169 Å². The Morgan fingerprint density at radius 1 is 1.03 bits per heavy atom. The largest absolute Gasteiger partial charge is 0.348 e. The van der Waals surface area contributed by atoms with Crippen LogP contribution in [0.1, 0.15) is 18.5 Å². The van der Waals surface area contributed by atoms with Crippen molar-refractivity contribution < 1.29 is 22.0 Å². The molecule has 1 aliphatic heterocycles. The maximum absolute atomic E-state index is 13.4. The third-order valence-electron chi connectivity index (χ3n) is 4.90. The lowest BCUT2D eigenvalue weighted by molar-refractivity contribution is -0.123. The summed E-state index contributed by atoms with van der Waals surface area (Å²) in [6.45, 7) is 3.15. The molecule has 0 aromatic heterocycles. The van der Waals surface area contributed by atoms with E-state index in [0.717, 1.165) is 17.7 Å². The molecule has 1 saturated heterocycles. The normalized spacial score (nSPS) is 17.1. The summed E-state index contributed by atoms with van der Waals surface area (Å²) in [5, 5.41) is 2.93. The number of halogens is 2. The van der Waals surface area contributed by atoms with E-state index in [1.54, 1.807) is 0 Å². The molecule has 3 rings (SSSR count). The minimum atomic E-state index is -3.91. The second kappa shape index (κ2) is 8.98. The summed E-state index contributed by atoms with van der Waals surface area (Å²) in [5.41, 5.74) is 1.00.